The summed E-state index contributed by atoms with van der Waals surface area (Å²) in [5.74, 6) is 2.68. The van der Waals surface area contributed by atoms with Gasteiger partial charge in [0, 0.05) is 12.7 Å². The minimum absolute atomic E-state index is 0.711. The van der Waals surface area contributed by atoms with Crippen molar-refractivity contribution in [2.75, 3.05) is 18.5 Å². The van der Waals surface area contributed by atoms with Crippen LogP contribution in [0.3, 0.4) is 0 Å². The SMILES string of the molecule is CCNc1c(C)nc2c(OCC3CCCCC3)cccn12. The molecule has 0 aliphatic heterocycles. The third-order valence-electron chi connectivity index (χ3n) is 4.33. The van der Waals surface area contributed by atoms with Crippen molar-refractivity contribution in [2.45, 2.75) is 46.0 Å². The van der Waals surface area contributed by atoms with Gasteiger partial charge in [-0.05, 0) is 44.7 Å². The summed E-state index contributed by atoms with van der Waals surface area (Å²) in [5.41, 5.74) is 1.94. The topological polar surface area (TPSA) is 38.6 Å². The van der Waals surface area contributed by atoms with Crippen LogP contribution in [0.2, 0.25) is 0 Å². The van der Waals surface area contributed by atoms with E-state index < -0.39 is 0 Å². The number of fused-ring (bicyclic) bond motifs is 1. The summed E-state index contributed by atoms with van der Waals surface area (Å²) in [5, 5.41) is 3.38. The van der Waals surface area contributed by atoms with Crippen LogP contribution in [-0.4, -0.2) is 22.5 Å². The molecule has 1 aliphatic carbocycles. The molecule has 1 N–H and O–H groups in total. The van der Waals surface area contributed by atoms with Gasteiger partial charge >= 0.3 is 0 Å². The van der Waals surface area contributed by atoms with Crippen molar-refractivity contribution in [3.63, 3.8) is 0 Å². The molecule has 0 saturated heterocycles. The smallest absolute Gasteiger partial charge is 0.181 e. The maximum Gasteiger partial charge on any atom is 0.181 e. The van der Waals surface area contributed by atoms with E-state index in [1.807, 2.05) is 25.3 Å². The summed E-state index contributed by atoms with van der Waals surface area (Å²) < 4.78 is 8.19. The van der Waals surface area contributed by atoms with Crippen molar-refractivity contribution in [2.24, 2.45) is 5.92 Å². The van der Waals surface area contributed by atoms with Gasteiger partial charge in [-0.1, -0.05) is 19.3 Å². The van der Waals surface area contributed by atoms with Crippen LogP contribution >= 0.6 is 0 Å². The fourth-order valence-electron chi connectivity index (χ4n) is 3.21. The number of aromatic nitrogens is 2. The van der Waals surface area contributed by atoms with E-state index in [2.05, 4.69) is 21.6 Å². The molecule has 2 heterocycles. The highest BCUT2D eigenvalue weighted by atomic mass is 16.5. The molecule has 2 aromatic heterocycles. The Hall–Kier alpha value is -1.71. The highest BCUT2D eigenvalue weighted by Gasteiger charge is 2.16. The molecule has 0 amide bonds. The van der Waals surface area contributed by atoms with Gasteiger partial charge in [0.15, 0.2) is 11.4 Å². The largest absolute Gasteiger partial charge is 0.489 e. The summed E-state index contributed by atoms with van der Waals surface area (Å²) in [6, 6.07) is 4.06. The molecule has 0 atom stereocenters. The quantitative estimate of drug-likeness (QED) is 0.902. The summed E-state index contributed by atoms with van der Waals surface area (Å²) in [4.78, 5) is 4.67. The third-order valence-corrected chi connectivity index (χ3v) is 4.33. The second kappa shape index (κ2) is 6.37. The Morgan fingerprint density at radius 2 is 2.14 bits per heavy atom. The minimum atomic E-state index is 0.711. The van der Waals surface area contributed by atoms with Crippen LogP contribution in [0.5, 0.6) is 5.75 Å². The van der Waals surface area contributed by atoms with Crippen LogP contribution in [0, 0.1) is 12.8 Å². The Bertz CT molecular complexity index is 599. The third kappa shape index (κ3) is 2.99. The predicted molar refractivity (Wildman–Crippen MR) is 86.2 cm³/mol. The van der Waals surface area contributed by atoms with Gasteiger partial charge in [0.2, 0.25) is 0 Å². The zero-order valence-corrected chi connectivity index (χ0v) is 13.1. The number of anilines is 1. The average Bonchev–Trinajstić information content (AvgIpc) is 2.83. The Balaban J connectivity index is 1.80. The van der Waals surface area contributed by atoms with Crippen LogP contribution in [0.1, 0.15) is 44.7 Å². The molecule has 0 bridgehead atoms. The monoisotopic (exact) mass is 287 g/mol. The fraction of sp³-hybridized carbons (Fsp3) is 0.588. The zero-order chi connectivity index (χ0) is 14.7. The van der Waals surface area contributed by atoms with Crippen molar-refractivity contribution < 1.29 is 4.74 Å². The first-order chi connectivity index (χ1) is 10.3. The van der Waals surface area contributed by atoms with Crippen molar-refractivity contribution in [3.05, 3.63) is 24.0 Å². The second-order valence-electron chi connectivity index (χ2n) is 5.96. The lowest BCUT2D eigenvalue weighted by Crippen LogP contribution is -2.15. The van der Waals surface area contributed by atoms with Crippen LogP contribution in [-0.2, 0) is 0 Å². The normalized spacial score (nSPS) is 16.3. The van der Waals surface area contributed by atoms with Gasteiger partial charge in [-0.2, -0.15) is 0 Å². The van der Waals surface area contributed by atoms with Gasteiger partial charge in [0.1, 0.15) is 5.82 Å². The lowest BCUT2D eigenvalue weighted by atomic mass is 9.90. The van der Waals surface area contributed by atoms with Gasteiger partial charge < -0.3 is 10.1 Å². The molecule has 1 aliphatic rings. The molecule has 0 aromatic carbocycles. The Morgan fingerprint density at radius 3 is 2.90 bits per heavy atom. The summed E-state index contributed by atoms with van der Waals surface area (Å²) in [6.45, 7) is 5.85. The van der Waals surface area contributed by atoms with Crippen molar-refractivity contribution in [1.82, 2.24) is 9.38 Å². The number of aryl methyl sites for hydroxylation is 1. The standard InChI is InChI=1S/C17H25N3O/c1-3-18-16-13(2)19-17-15(10-7-11-20(16)17)21-12-14-8-5-4-6-9-14/h7,10-11,14,18H,3-6,8-9,12H2,1-2H3. The molecule has 0 spiro atoms. The summed E-state index contributed by atoms with van der Waals surface area (Å²) in [6.07, 6.45) is 8.74. The molecular weight excluding hydrogens is 262 g/mol. The number of hydrogen-bond donors (Lipinski definition) is 1. The van der Waals surface area contributed by atoms with E-state index in [4.69, 9.17) is 4.74 Å². The van der Waals surface area contributed by atoms with E-state index in [9.17, 15) is 0 Å². The van der Waals surface area contributed by atoms with E-state index >= 15 is 0 Å². The second-order valence-corrected chi connectivity index (χ2v) is 5.96. The molecule has 4 nitrogen and oxygen atoms in total. The molecule has 1 saturated carbocycles. The number of hydrogen-bond acceptors (Lipinski definition) is 3. The lowest BCUT2D eigenvalue weighted by molar-refractivity contribution is 0.210. The molecule has 114 valence electrons. The first kappa shape index (κ1) is 14.2. The lowest BCUT2D eigenvalue weighted by Gasteiger charge is -2.21. The number of ether oxygens (including phenoxy) is 1. The number of nitrogens with one attached hydrogen (secondary N) is 1. The van der Waals surface area contributed by atoms with E-state index in [0.29, 0.717) is 5.92 Å². The molecule has 4 heteroatoms. The van der Waals surface area contributed by atoms with E-state index in [0.717, 1.165) is 36.1 Å². The first-order valence-corrected chi connectivity index (χ1v) is 8.14. The molecule has 21 heavy (non-hydrogen) atoms. The van der Waals surface area contributed by atoms with E-state index in [1.165, 1.54) is 32.1 Å². The highest BCUT2D eigenvalue weighted by molar-refractivity contribution is 5.62. The van der Waals surface area contributed by atoms with Crippen LogP contribution in [0.4, 0.5) is 5.82 Å². The van der Waals surface area contributed by atoms with Crippen molar-refractivity contribution in [1.29, 1.82) is 0 Å². The minimum Gasteiger partial charge on any atom is -0.489 e. The van der Waals surface area contributed by atoms with Gasteiger partial charge in [-0.25, -0.2) is 4.98 Å². The maximum atomic E-state index is 6.09. The summed E-state index contributed by atoms with van der Waals surface area (Å²) >= 11 is 0. The van der Waals surface area contributed by atoms with Crippen LogP contribution < -0.4 is 10.1 Å². The van der Waals surface area contributed by atoms with Gasteiger partial charge in [-0.15, -0.1) is 0 Å². The first-order valence-electron chi connectivity index (χ1n) is 8.14. The number of rotatable bonds is 5. The predicted octanol–water partition coefficient (Wildman–Crippen LogP) is 4.03. The van der Waals surface area contributed by atoms with Gasteiger partial charge in [0.25, 0.3) is 0 Å². The molecular formula is C17H25N3O. The zero-order valence-electron chi connectivity index (χ0n) is 13.1. The Kier molecular flexibility index (Phi) is 4.32. The summed E-state index contributed by atoms with van der Waals surface area (Å²) in [7, 11) is 0. The van der Waals surface area contributed by atoms with E-state index in [1.54, 1.807) is 0 Å². The van der Waals surface area contributed by atoms with Crippen molar-refractivity contribution in [3.8, 4) is 5.75 Å². The van der Waals surface area contributed by atoms with Crippen LogP contribution in [0.25, 0.3) is 5.65 Å². The maximum absolute atomic E-state index is 6.09. The Morgan fingerprint density at radius 1 is 1.33 bits per heavy atom. The van der Waals surface area contributed by atoms with E-state index in [-0.39, 0.29) is 0 Å². The molecule has 1 fully saturated rings. The average molecular weight is 287 g/mol. The van der Waals surface area contributed by atoms with Gasteiger partial charge in [-0.3, -0.25) is 4.40 Å². The number of nitrogens with zero attached hydrogens (tertiary/aromatic N) is 2. The fourth-order valence-corrected chi connectivity index (χ4v) is 3.21. The molecule has 2 aromatic rings. The Labute approximate surface area is 126 Å². The van der Waals surface area contributed by atoms with Crippen molar-refractivity contribution >= 4 is 11.5 Å². The van der Waals surface area contributed by atoms with Crippen LogP contribution in [0.15, 0.2) is 18.3 Å². The molecule has 3 rings (SSSR count). The molecule has 0 unspecified atom stereocenters. The van der Waals surface area contributed by atoms with Gasteiger partial charge in [0.05, 0.1) is 12.3 Å². The number of pyridine rings is 1. The molecule has 0 radical (unpaired) electrons. The number of imidazole rings is 1. The highest BCUT2D eigenvalue weighted by Crippen LogP contribution is 2.28.